The molecule has 104 valence electrons. The van der Waals surface area contributed by atoms with Crippen molar-refractivity contribution in [3.05, 3.63) is 0 Å². The zero-order valence-corrected chi connectivity index (χ0v) is 12.1. The highest BCUT2D eigenvalue weighted by Crippen LogP contribution is 2.56. The van der Waals surface area contributed by atoms with Crippen LogP contribution in [0.1, 0.15) is 47.5 Å². The number of carboxylic acid groups (broad SMARTS) is 1. The molecule has 0 aromatic heterocycles. The van der Waals surface area contributed by atoms with Crippen molar-refractivity contribution in [3.8, 4) is 0 Å². The van der Waals surface area contributed by atoms with Gasteiger partial charge in [0.25, 0.3) is 0 Å². The minimum Gasteiger partial charge on any atom is -0.550 e. The average molecular weight is 254 g/mol. The number of hydrogen-bond acceptors (Lipinski definition) is 3. The maximum atomic E-state index is 12.4. The molecular weight excluding hydrogens is 230 g/mol. The third-order valence-corrected chi connectivity index (χ3v) is 5.05. The summed E-state index contributed by atoms with van der Waals surface area (Å²) in [5.74, 6) is -1.18. The molecule has 1 aliphatic carbocycles. The number of nitrogens with zero attached hydrogens (tertiary/aromatic N) is 1. The number of carboxylic acids is 1. The molecule has 1 aliphatic rings. The van der Waals surface area contributed by atoms with Gasteiger partial charge in [0, 0.05) is 30.4 Å². The van der Waals surface area contributed by atoms with Gasteiger partial charge in [0.15, 0.2) is 0 Å². The summed E-state index contributed by atoms with van der Waals surface area (Å²) >= 11 is 0. The highest BCUT2D eigenvalue weighted by Gasteiger charge is 2.55. The summed E-state index contributed by atoms with van der Waals surface area (Å²) < 4.78 is 0. The molecule has 2 atom stereocenters. The SMILES string of the molecule is CCN(CC)C(=O)[C@H]1CC[C@@](C)(C(=O)[O-])C1(C)C. The lowest BCUT2D eigenvalue weighted by Gasteiger charge is -2.42. The molecule has 18 heavy (non-hydrogen) atoms. The number of rotatable bonds is 4. The van der Waals surface area contributed by atoms with Crippen molar-refractivity contribution in [2.45, 2.75) is 47.5 Å². The first kappa shape index (κ1) is 15.0. The van der Waals surface area contributed by atoms with Crippen LogP contribution in [-0.4, -0.2) is 29.9 Å². The van der Waals surface area contributed by atoms with Crippen molar-refractivity contribution in [3.63, 3.8) is 0 Å². The Morgan fingerprint density at radius 3 is 2.06 bits per heavy atom. The molecule has 0 aliphatic heterocycles. The number of aliphatic carboxylic acids is 1. The van der Waals surface area contributed by atoms with E-state index in [1.54, 1.807) is 11.8 Å². The minimum absolute atomic E-state index is 0.0787. The second-order valence-electron chi connectivity index (χ2n) is 5.94. The van der Waals surface area contributed by atoms with Gasteiger partial charge in [-0.25, -0.2) is 0 Å². The van der Waals surface area contributed by atoms with Crippen LogP contribution in [0.25, 0.3) is 0 Å². The zero-order valence-electron chi connectivity index (χ0n) is 12.1. The van der Waals surface area contributed by atoms with Crippen molar-refractivity contribution >= 4 is 11.9 Å². The molecule has 4 nitrogen and oxygen atoms in total. The molecule has 1 amide bonds. The van der Waals surface area contributed by atoms with Gasteiger partial charge in [-0.3, -0.25) is 4.79 Å². The predicted octanol–water partition coefficient (Wildman–Crippen LogP) is 1.05. The molecule has 0 aromatic rings. The van der Waals surface area contributed by atoms with Gasteiger partial charge in [0.2, 0.25) is 5.91 Å². The molecule has 1 fully saturated rings. The summed E-state index contributed by atoms with van der Waals surface area (Å²) in [4.78, 5) is 25.6. The van der Waals surface area contributed by atoms with E-state index in [1.807, 2.05) is 27.7 Å². The van der Waals surface area contributed by atoms with Crippen LogP contribution in [0.15, 0.2) is 0 Å². The monoisotopic (exact) mass is 254 g/mol. The fourth-order valence-corrected chi connectivity index (χ4v) is 3.05. The first-order chi connectivity index (χ1) is 8.22. The van der Waals surface area contributed by atoms with Crippen molar-refractivity contribution in [1.82, 2.24) is 4.90 Å². The van der Waals surface area contributed by atoms with Crippen LogP contribution in [0.3, 0.4) is 0 Å². The maximum Gasteiger partial charge on any atom is 0.226 e. The topological polar surface area (TPSA) is 60.4 Å². The Hall–Kier alpha value is -1.06. The second kappa shape index (κ2) is 4.90. The molecule has 0 aromatic carbocycles. The molecule has 1 saturated carbocycles. The minimum atomic E-state index is -1.04. The third kappa shape index (κ3) is 2.02. The van der Waals surface area contributed by atoms with Gasteiger partial charge in [-0.15, -0.1) is 0 Å². The van der Waals surface area contributed by atoms with Crippen molar-refractivity contribution < 1.29 is 14.7 Å². The number of carbonyl (C=O) groups is 2. The fraction of sp³-hybridized carbons (Fsp3) is 0.857. The smallest absolute Gasteiger partial charge is 0.226 e. The van der Waals surface area contributed by atoms with Crippen LogP contribution in [0.5, 0.6) is 0 Å². The average Bonchev–Trinajstić information content (AvgIpc) is 2.53. The van der Waals surface area contributed by atoms with E-state index in [2.05, 4.69) is 0 Å². The summed E-state index contributed by atoms with van der Waals surface area (Å²) in [5, 5.41) is 11.4. The van der Waals surface area contributed by atoms with Gasteiger partial charge in [0.05, 0.1) is 0 Å². The molecule has 0 spiro atoms. The maximum absolute atomic E-state index is 12.4. The van der Waals surface area contributed by atoms with Crippen molar-refractivity contribution in [1.29, 1.82) is 0 Å². The quantitative estimate of drug-likeness (QED) is 0.753. The summed E-state index contributed by atoms with van der Waals surface area (Å²) in [7, 11) is 0. The molecule has 0 unspecified atom stereocenters. The van der Waals surface area contributed by atoms with E-state index in [9.17, 15) is 14.7 Å². The molecule has 0 radical (unpaired) electrons. The van der Waals surface area contributed by atoms with Crippen molar-refractivity contribution in [2.75, 3.05) is 13.1 Å². The number of amides is 1. The van der Waals surface area contributed by atoms with Gasteiger partial charge < -0.3 is 14.8 Å². The number of carbonyl (C=O) groups excluding carboxylic acids is 2. The Morgan fingerprint density at radius 2 is 1.72 bits per heavy atom. The van der Waals surface area contributed by atoms with Gasteiger partial charge in [-0.2, -0.15) is 0 Å². The van der Waals surface area contributed by atoms with Gasteiger partial charge in [-0.1, -0.05) is 20.8 Å². The van der Waals surface area contributed by atoms with E-state index >= 15 is 0 Å². The Kier molecular flexibility index (Phi) is 4.08. The second-order valence-corrected chi connectivity index (χ2v) is 5.94. The lowest BCUT2D eigenvalue weighted by Crippen LogP contribution is -2.51. The Balaban J connectivity index is 3.02. The number of hydrogen-bond donors (Lipinski definition) is 0. The predicted molar refractivity (Wildman–Crippen MR) is 67.5 cm³/mol. The summed E-state index contributed by atoms with van der Waals surface area (Å²) in [5.41, 5.74) is -1.48. The summed E-state index contributed by atoms with van der Waals surface area (Å²) in [6.07, 6.45) is 1.15. The zero-order chi connectivity index (χ0) is 14.1. The van der Waals surface area contributed by atoms with Gasteiger partial charge in [-0.05, 0) is 32.1 Å². The first-order valence-corrected chi connectivity index (χ1v) is 6.72. The molecule has 4 heteroatoms. The summed E-state index contributed by atoms with van der Waals surface area (Å²) in [6, 6.07) is 0. The molecular formula is C14H24NO3-. The highest BCUT2D eigenvalue weighted by atomic mass is 16.4. The molecule has 0 saturated heterocycles. The highest BCUT2D eigenvalue weighted by molar-refractivity contribution is 5.83. The van der Waals surface area contributed by atoms with E-state index in [-0.39, 0.29) is 11.8 Å². The van der Waals surface area contributed by atoms with E-state index in [0.717, 1.165) is 0 Å². The van der Waals surface area contributed by atoms with Crippen LogP contribution < -0.4 is 5.11 Å². The van der Waals surface area contributed by atoms with Crippen LogP contribution >= 0.6 is 0 Å². The Labute approximate surface area is 109 Å². The van der Waals surface area contributed by atoms with E-state index in [0.29, 0.717) is 25.9 Å². The van der Waals surface area contributed by atoms with Crippen LogP contribution in [0.4, 0.5) is 0 Å². The van der Waals surface area contributed by atoms with Crippen LogP contribution in [-0.2, 0) is 9.59 Å². The third-order valence-electron chi connectivity index (χ3n) is 5.05. The molecule has 1 rings (SSSR count). The van der Waals surface area contributed by atoms with E-state index in [1.165, 1.54) is 0 Å². The molecule has 0 heterocycles. The van der Waals surface area contributed by atoms with E-state index < -0.39 is 16.8 Å². The normalized spacial score (nSPS) is 30.2. The summed E-state index contributed by atoms with van der Waals surface area (Å²) in [6.45, 7) is 10.7. The van der Waals surface area contributed by atoms with Crippen molar-refractivity contribution in [2.24, 2.45) is 16.7 Å². The standard InChI is InChI=1S/C14H25NO3/c1-6-15(7-2)11(16)10-8-9-14(5,12(17)18)13(10,3)4/h10H,6-9H2,1-5H3,(H,17,18)/p-1/t10-,14+/m1/s1. The van der Waals surface area contributed by atoms with Gasteiger partial charge >= 0.3 is 0 Å². The lowest BCUT2D eigenvalue weighted by atomic mass is 9.65. The Morgan fingerprint density at radius 1 is 1.22 bits per heavy atom. The van der Waals surface area contributed by atoms with Crippen LogP contribution in [0.2, 0.25) is 0 Å². The first-order valence-electron chi connectivity index (χ1n) is 6.72. The lowest BCUT2D eigenvalue weighted by molar-refractivity contribution is -0.323. The van der Waals surface area contributed by atoms with Crippen LogP contribution in [0, 0.1) is 16.7 Å². The largest absolute Gasteiger partial charge is 0.550 e. The molecule has 0 bridgehead atoms. The Bertz CT molecular complexity index is 347. The van der Waals surface area contributed by atoms with E-state index in [4.69, 9.17) is 0 Å². The fourth-order valence-electron chi connectivity index (χ4n) is 3.05. The van der Waals surface area contributed by atoms with Gasteiger partial charge in [0.1, 0.15) is 0 Å². The molecule has 0 N–H and O–H groups in total.